The van der Waals surface area contributed by atoms with E-state index in [0.717, 1.165) is 59.9 Å². The highest BCUT2D eigenvalue weighted by molar-refractivity contribution is 5.80. The molecule has 5 heteroatoms. The molecule has 1 saturated carbocycles. The van der Waals surface area contributed by atoms with Gasteiger partial charge in [-0.2, -0.15) is 5.10 Å². The second-order valence-electron chi connectivity index (χ2n) is 10.3. The Balaban J connectivity index is 1.73. The third-order valence-corrected chi connectivity index (χ3v) is 7.80. The highest BCUT2D eigenvalue weighted by Gasteiger charge is 2.44. The molecular formula is C28H38N3O2+. The molecule has 1 aliphatic heterocycles. The lowest BCUT2D eigenvalue weighted by Gasteiger charge is -2.43. The van der Waals surface area contributed by atoms with Crippen molar-refractivity contribution < 1.29 is 9.47 Å². The Morgan fingerprint density at radius 1 is 1.12 bits per heavy atom. The molecule has 2 fully saturated rings. The van der Waals surface area contributed by atoms with Crippen LogP contribution in [0, 0.1) is 19.8 Å². The van der Waals surface area contributed by atoms with Gasteiger partial charge in [0.2, 0.25) is 0 Å². The van der Waals surface area contributed by atoms with E-state index in [4.69, 9.17) is 14.6 Å². The minimum atomic E-state index is 0.581. The van der Waals surface area contributed by atoms with E-state index in [2.05, 4.69) is 62.7 Å². The van der Waals surface area contributed by atoms with Gasteiger partial charge >= 0.3 is 0 Å². The van der Waals surface area contributed by atoms with E-state index in [1.807, 2.05) is 0 Å². The van der Waals surface area contributed by atoms with Crippen molar-refractivity contribution in [2.45, 2.75) is 58.9 Å². The van der Waals surface area contributed by atoms with E-state index in [0.29, 0.717) is 6.04 Å². The van der Waals surface area contributed by atoms with Crippen LogP contribution in [0.5, 0.6) is 5.75 Å². The van der Waals surface area contributed by atoms with Crippen LogP contribution in [0.2, 0.25) is 0 Å². The fraction of sp³-hybridized carbons (Fsp3) is 0.536. The van der Waals surface area contributed by atoms with Gasteiger partial charge in [-0.1, -0.05) is 19.1 Å². The van der Waals surface area contributed by atoms with Crippen LogP contribution in [0.1, 0.15) is 49.4 Å². The van der Waals surface area contributed by atoms with E-state index >= 15 is 0 Å². The molecule has 0 amide bonds. The number of methoxy groups -OCH3 is 1. The molecule has 1 aliphatic carbocycles. The number of aromatic nitrogens is 2. The van der Waals surface area contributed by atoms with E-state index in [9.17, 15) is 0 Å². The molecule has 2 aliphatic rings. The van der Waals surface area contributed by atoms with E-state index in [-0.39, 0.29) is 0 Å². The summed E-state index contributed by atoms with van der Waals surface area (Å²) in [5.41, 5.74) is 8.54. The lowest BCUT2D eigenvalue weighted by molar-refractivity contribution is 0.0436. The Hall–Kier alpha value is -2.37. The topological polar surface area (TPSA) is 35.8 Å². The molecule has 2 aromatic heterocycles. The summed E-state index contributed by atoms with van der Waals surface area (Å²) in [5, 5.41) is 5.25. The van der Waals surface area contributed by atoms with Gasteiger partial charge < -0.3 is 9.47 Å². The SMILES string of the molecule is CCc1nn2c(-c3c(C)cc(C)cc3OC)cccc2c1[N+](C)(CC1CC1)C1CCOCC1. The average Bonchev–Trinajstić information content (AvgIpc) is 3.54. The molecule has 0 N–H and O–H groups in total. The molecule has 3 aromatic rings. The molecule has 1 atom stereocenters. The van der Waals surface area contributed by atoms with Gasteiger partial charge in [-0.25, -0.2) is 4.52 Å². The van der Waals surface area contributed by atoms with Crippen LogP contribution >= 0.6 is 0 Å². The molecule has 33 heavy (non-hydrogen) atoms. The first kappa shape index (κ1) is 22.4. The Labute approximate surface area is 197 Å². The zero-order valence-electron chi connectivity index (χ0n) is 20.9. The van der Waals surface area contributed by atoms with E-state index in [1.165, 1.54) is 47.4 Å². The third kappa shape index (κ3) is 3.95. The van der Waals surface area contributed by atoms with E-state index in [1.54, 1.807) is 7.11 Å². The van der Waals surface area contributed by atoms with Crippen molar-refractivity contribution in [3.8, 4) is 17.0 Å². The normalized spacial score (nSPS) is 19.1. The first-order valence-corrected chi connectivity index (χ1v) is 12.6. The first-order chi connectivity index (χ1) is 16.0. The fourth-order valence-electron chi connectivity index (χ4n) is 6.02. The second-order valence-corrected chi connectivity index (χ2v) is 10.3. The number of rotatable bonds is 7. The second kappa shape index (κ2) is 8.77. The largest absolute Gasteiger partial charge is 0.496 e. The lowest BCUT2D eigenvalue weighted by Crippen LogP contribution is -2.57. The van der Waals surface area contributed by atoms with Crippen LogP contribution in [-0.2, 0) is 11.2 Å². The predicted octanol–water partition coefficient (Wildman–Crippen LogP) is 5.72. The van der Waals surface area contributed by atoms with E-state index < -0.39 is 0 Å². The average molecular weight is 449 g/mol. The van der Waals surface area contributed by atoms with Crippen molar-refractivity contribution >= 4 is 11.2 Å². The van der Waals surface area contributed by atoms with Crippen molar-refractivity contribution in [1.82, 2.24) is 14.1 Å². The van der Waals surface area contributed by atoms with Crippen LogP contribution in [-0.4, -0.2) is 49.6 Å². The molecule has 0 spiro atoms. The summed E-state index contributed by atoms with van der Waals surface area (Å²) in [4.78, 5) is 0. The van der Waals surface area contributed by atoms with Gasteiger partial charge in [0.25, 0.3) is 0 Å². The maximum atomic E-state index is 5.84. The van der Waals surface area contributed by atoms with Gasteiger partial charge in [-0.3, -0.25) is 4.48 Å². The molecule has 1 unspecified atom stereocenters. The van der Waals surface area contributed by atoms with Crippen LogP contribution in [0.4, 0.5) is 5.69 Å². The van der Waals surface area contributed by atoms with Crippen LogP contribution in [0.15, 0.2) is 30.3 Å². The Kier molecular flexibility index (Phi) is 5.96. The van der Waals surface area contributed by atoms with Gasteiger partial charge in [0, 0.05) is 24.3 Å². The molecular weight excluding hydrogens is 410 g/mol. The number of quaternary nitrogens is 1. The van der Waals surface area contributed by atoms with Crippen LogP contribution < -0.4 is 9.22 Å². The maximum absolute atomic E-state index is 5.84. The van der Waals surface area contributed by atoms with Crippen LogP contribution in [0.25, 0.3) is 16.8 Å². The Morgan fingerprint density at radius 3 is 2.55 bits per heavy atom. The summed E-state index contributed by atoms with van der Waals surface area (Å²) in [6.45, 7) is 9.48. The number of ether oxygens (including phenoxy) is 2. The predicted molar refractivity (Wildman–Crippen MR) is 135 cm³/mol. The van der Waals surface area contributed by atoms with Crippen molar-refractivity contribution in [2.24, 2.45) is 5.92 Å². The molecule has 0 radical (unpaired) electrons. The monoisotopic (exact) mass is 448 g/mol. The van der Waals surface area contributed by atoms with Crippen molar-refractivity contribution in [2.75, 3.05) is 33.9 Å². The number of nitrogens with zero attached hydrogens (tertiary/aromatic N) is 3. The molecule has 176 valence electrons. The Morgan fingerprint density at radius 2 is 1.88 bits per heavy atom. The Bertz CT molecular complexity index is 1160. The summed E-state index contributed by atoms with van der Waals surface area (Å²) >= 11 is 0. The first-order valence-electron chi connectivity index (χ1n) is 12.6. The van der Waals surface area contributed by atoms with Gasteiger partial charge in [0.15, 0.2) is 5.69 Å². The molecule has 1 aromatic carbocycles. The highest BCUT2D eigenvalue weighted by atomic mass is 16.5. The van der Waals surface area contributed by atoms with Gasteiger partial charge in [0.1, 0.15) is 17.0 Å². The third-order valence-electron chi connectivity index (χ3n) is 7.80. The molecule has 5 rings (SSSR count). The molecule has 5 nitrogen and oxygen atoms in total. The zero-order chi connectivity index (χ0) is 23.2. The number of pyridine rings is 1. The lowest BCUT2D eigenvalue weighted by atomic mass is 9.99. The summed E-state index contributed by atoms with van der Waals surface area (Å²) < 4.78 is 14.8. The zero-order valence-corrected chi connectivity index (χ0v) is 20.9. The maximum Gasteiger partial charge on any atom is 0.182 e. The number of hydrogen-bond acceptors (Lipinski definition) is 3. The van der Waals surface area contributed by atoms with Gasteiger partial charge in [-0.05, 0) is 62.4 Å². The van der Waals surface area contributed by atoms with Gasteiger partial charge in [0.05, 0.1) is 45.7 Å². The number of benzene rings is 1. The highest BCUT2D eigenvalue weighted by Crippen LogP contribution is 2.43. The standard InChI is InChI=1S/C28H38N3O2/c1-6-23-28(31(4,18-21-10-11-21)22-12-14-33-15-13-22)25-9-7-8-24(30(25)29-23)27-20(3)16-19(2)17-26(27)32-5/h7-9,16-17,21-22H,6,10-15,18H2,1-5H3/q+1. The minimum Gasteiger partial charge on any atom is -0.496 e. The number of aryl methyl sites for hydroxylation is 3. The molecule has 3 heterocycles. The fourth-order valence-corrected chi connectivity index (χ4v) is 6.02. The molecule has 0 bridgehead atoms. The van der Waals surface area contributed by atoms with Crippen molar-refractivity contribution in [3.05, 3.63) is 47.2 Å². The van der Waals surface area contributed by atoms with Crippen molar-refractivity contribution in [3.63, 3.8) is 0 Å². The summed E-state index contributed by atoms with van der Waals surface area (Å²) in [6.07, 6.45) is 5.90. The summed E-state index contributed by atoms with van der Waals surface area (Å²) in [6, 6.07) is 11.6. The summed E-state index contributed by atoms with van der Waals surface area (Å²) in [7, 11) is 4.23. The number of hydrogen-bond donors (Lipinski definition) is 0. The minimum absolute atomic E-state index is 0.581. The molecule has 1 saturated heterocycles. The quantitative estimate of drug-likeness (QED) is 0.434. The number of fused-ring (bicyclic) bond motifs is 1. The van der Waals surface area contributed by atoms with Crippen molar-refractivity contribution in [1.29, 1.82) is 0 Å². The van der Waals surface area contributed by atoms with Gasteiger partial charge in [-0.15, -0.1) is 0 Å². The summed E-state index contributed by atoms with van der Waals surface area (Å²) in [5.74, 6) is 1.75. The van der Waals surface area contributed by atoms with Crippen LogP contribution in [0.3, 0.4) is 0 Å². The smallest absolute Gasteiger partial charge is 0.182 e.